The van der Waals surface area contributed by atoms with Crippen LogP contribution in [0.4, 0.5) is 5.69 Å². The molecular formula is C13H20ClN3O. The van der Waals surface area contributed by atoms with Crippen molar-refractivity contribution < 1.29 is 5.11 Å². The predicted molar refractivity (Wildman–Crippen MR) is 75.1 cm³/mol. The van der Waals surface area contributed by atoms with E-state index >= 15 is 0 Å². The van der Waals surface area contributed by atoms with Crippen LogP contribution in [0.1, 0.15) is 5.56 Å². The summed E-state index contributed by atoms with van der Waals surface area (Å²) in [4.78, 5) is 4.55. The largest absolute Gasteiger partial charge is 0.395 e. The van der Waals surface area contributed by atoms with E-state index in [1.165, 1.54) is 0 Å². The summed E-state index contributed by atoms with van der Waals surface area (Å²) >= 11 is 6.29. The first-order valence-corrected chi connectivity index (χ1v) is 6.69. The molecule has 0 amide bonds. The maximum absolute atomic E-state index is 8.92. The molecule has 4 nitrogen and oxygen atoms in total. The molecule has 1 saturated heterocycles. The fourth-order valence-corrected chi connectivity index (χ4v) is 2.61. The molecule has 1 aromatic carbocycles. The van der Waals surface area contributed by atoms with Crippen molar-refractivity contribution in [1.29, 1.82) is 0 Å². The topological polar surface area (TPSA) is 52.7 Å². The molecule has 0 radical (unpaired) electrons. The molecule has 2 rings (SSSR count). The average molecular weight is 270 g/mol. The Hall–Kier alpha value is -0.810. The Balaban J connectivity index is 2.01. The molecule has 0 bridgehead atoms. The number of β-amino-alcohol motifs (C(OH)–C–C–N with tert-alkyl or cyclic N) is 1. The zero-order valence-electron chi connectivity index (χ0n) is 10.5. The Morgan fingerprint density at radius 3 is 2.50 bits per heavy atom. The number of aliphatic hydroxyl groups excluding tert-OH is 1. The van der Waals surface area contributed by atoms with Crippen molar-refractivity contribution in [3.63, 3.8) is 0 Å². The minimum atomic E-state index is 0.228. The molecule has 5 heteroatoms. The van der Waals surface area contributed by atoms with Crippen molar-refractivity contribution in [3.8, 4) is 0 Å². The molecule has 0 atom stereocenters. The van der Waals surface area contributed by atoms with E-state index in [1.807, 2.05) is 18.2 Å². The number of hydrogen-bond donors (Lipinski definition) is 2. The van der Waals surface area contributed by atoms with Gasteiger partial charge in [-0.3, -0.25) is 4.90 Å². The molecule has 1 aliphatic heterocycles. The fourth-order valence-electron chi connectivity index (χ4n) is 2.29. The van der Waals surface area contributed by atoms with Crippen LogP contribution in [0.25, 0.3) is 0 Å². The Morgan fingerprint density at radius 1 is 1.22 bits per heavy atom. The summed E-state index contributed by atoms with van der Waals surface area (Å²) in [7, 11) is 0. The number of hydrogen-bond acceptors (Lipinski definition) is 4. The summed E-state index contributed by atoms with van der Waals surface area (Å²) in [6, 6.07) is 6.02. The first-order chi connectivity index (χ1) is 8.74. The Morgan fingerprint density at radius 2 is 1.94 bits per heavy atom. The molecule has 1 heterocycles. The van der Waals surface area contributed by atoms with Crippen molar-refractivity contribution in [1.82, 2.24) is 4.90 Å². The van der Waals surface area contributed by atoms with Crippen LogP contribution < -0.4 is 10.6 Å². The van der Waals surface area contributed by atoms with Crippen LogP contribution in [-0.4, -0.2) is 49.3 Å². The van der Waals surface area contributed by atoms with E-state index in [0.29, 0.717) is 6.54 Å². The lowest BCUT2D eigenvalue weighted by Crippen LogP contribution is -2.47. The molecule has 3 N–H and O–H groups in total. The lowest BCUT2D eigenvalue weighted by atomic mass is 10.2. The van der Waals surface area contributed by atoms with Gasteiger partial charge in [0.15, 0.2) is 0 Å². The van der Waals surface area contributed by atoms with Crippen LogP contribution in [0.2, 0.25) is 5.02 Å². The van der Waals surface area contributed by atoms with Gasteiger partial charge in [-0.15, -0.1) is 0 Å². The van der Waals surface area contributed by atoms with Crippen molar-refractivity contribution in [2.75, 3.05) is 44.2 Å². The van der Waals surface area contributed by atoms with Crippen molar-refractivity contribution >= 4 is 17.3 Å². The number of benzene rings is 1. The average Bonchev–Trinajstić information content (AvgIpc) is 2.40. The smallest absolute Gasteiger partial charge is 0.0642 e. The molecule has 0 spiro atoms. The number of nitrogens with zero attached hydrogens (tertiary/aromatic N) is 2. The second-order valence-electron chi connectivity index (χ2n) is 4.54. The maximum atomic E-state index is 8.92. The maximum Gasteiger partial charge on any atom is 0.0642 e. The molecule has 100 valence electrons. The molecular weight excluding hydrogens is 250 g/mol. The van der Waals surface area contributed by atoms with E-state index in [4.69, 9.17) is 22.4 Å². The normalized spacial score (nSPS) is 17.2. The van der Waals surface area contributed by atoms with E-state index in [9.17, 15) is 0 Å². The number of anilines is 1. The van der Waals surface area contributed by atoms with E-state index in [-0.39, 0.29) is 6.61 Å². The highest BCUT2D eigenvalue weighted by Crippen LogP contribution is 2.27. The lowest BCUT2D eigenvalue weighted by Gasteiger charge is -2.36. The van der Waals surface area contributed by atoms with E-state index < -0.39 is 0 Å². The summed E-state index contributed by atoms with van der Waals surface area (Å²) in [6.45, 7) is 5.33. The fraction of sp³-hybridized carbons (Fsp3) is 0.538. The lowest BCUT2D eigenvalue weighted by molar-refractivity contribution is 0.189. The molecule has 18 heavy (non-hydrogen) atoms. The van der Waals surface area contributed by atoms with E-state index in [1.54, 1.807) is 0 Å². The number of rotatable bonds is 4. The quantitative estimate of drug-likeness (QED) is 0.853. The first kappa shape index (κ1) is 13.6. The van der Waals surface area contributed by atoms with Crippen molar-refractivity contribution in [2.45, 2.75) is 6.54 Å². The van der Waals surface area contributed by atoms with Gasteiger partial charge >= 0.3 is 0 Å². The third kappa shape index (κ3) is 3.14. The Kier molecular flexibility index (Phi) is 4.83. The van der Waals surface area contributed by atoms with Crippen LogP contribution in [0.5, 0.6) is 0 Å². The Bertz CT molecular complexity index is 392. The molecule has 1 aromatic rings. The number of nitrogens with two attached hydrogens (primary N) is 1. The van der Waals surface area contributed by atoms with E-state index in [2.05, 4.69) is 9.80 Å². The Labute approximate surface area is 113 Å². The minimum Gasteiger partial charge on any atom is -0.395 e. The van der Waals surface area contributed by atoms with Crippen molar-refractivity contribution in [2.24, 2.45) is 5.73 Å². The highest BCUT2D eigenvalue weighted by atomic mass is 35.5. The van der Waals surface area contributed by atoms with Gasteiger partial charge in [-0.25, -0.2) is 0 Å². The summed E-state index contributed by atoms with van der Waals surface area (Å²) in [6.07, 6.45) is 0. The van der Waals surface area contributed by atoms with Gasteiger partial charge in [-0.05, 0) is 17.7 Å². The van der Waals surface area contributed by atoms with Gasteiger partial charge in [-0.1, -0.05) is 17.7 Å². The van der Waals surface area contributed by atoms with E-state index in [0.717, 1.165) is 49.0 Å². The van der Waals surface area contributed by atoms with Gasteiger partial charge in [0, 0.05) is 39.3 Å². The van der Waals surface area contributed by atoms with Gasteiger partial charge in [0.1, 0.15) is 0 Å². The monoisotopic (exact) mass is 269 g/mol. The predicted octanol–water partition coefficient (Wildman–Crippen LogP) is 0.913. The van der Waals surface area contributed by atoms with Crippen LogP contribution >= 0.6 is 11.6 Å². The molecule has 0 aromatic heterocycles. The summed E-state index contributed by atoms with van der Waals surface area (Å²) in [5, 5.41) is 9.69. The van der Waals surface area contributed by atoms with Gasteiger partial charge in [0.2, 0.25) is 0 Å². The minimum absolute atomic E-state index is 0.228. The number of halogens is 1. The third-order valence-corrected chi connectivity index (χ3v) is 3.68. The molecule has 0 saturated carbocycles. The van der Waals surface area contributed by atoms with Gasteiger partial charge in [-0.2, -0.15) is 0 Å². The van der Waals surface area contributed by atoms with Crippen molar-refractivity contribution in [3.05, 3.63) is 28.8 Å². The summed E-state index contributed by atoms with van der Waals surface area (Å²) in [5.41, 5.74) is 7.74. The molecule has 0 unspecified atom stereocenters. The van der Waals surface area contributed by atoms with Crippen LogP contribution in [-0.2, 0) is 6.54 Å². The SMILES string of the molecule is NCc1ccc(N2CCN(CCO)CC2)c(Cl)c1. The van der Waals surface area contributed by atoms with Crippen LogP contribution in [0, 0.1) is 0 Å². The first-order valence-electron chi connectivity index (χ1n) is 6.31. The standard InChI is InChI=1S/C13H20ClN3O/c14-12-9-11(10-15)1-2-13(12)17-5-3-16(4-6-17)7-8-18/h1-2,9,18H,3-8,10,15H2. The van der Waals surface area contributed by atoms with Crippen LogP contribution in [0.3, 0.4) is 0 Å². The van der Waals surface area contributed by atoms with Gasteiger partial charge in [0.05, 0.1) is 17.3 Å². The number of aliphatic hydroxyl groups is 1. The van der Waals surface area contributed by atoms with Gasteiger partial charge in [0.25, 0.3) is 0 Å². The molecule has 1 aliphatic rings. The highest BCUT2D eigenvalue weighted by Gasteiger charge is 2.18. The zero-order valence-corrected chi connectivity index (χ0v) is 11.2. The van der Waals surface area contributed by atoms with Crippen LogP contribution in [0.15, 0.2) is 18.2 Å². The summed E-state index contributed by atoms with van der Waals surface area (Å²) < 4.78 is 0. The highest BCUT2D eigenvalue weighted by molar-refractivity contribution is 6.33. The second kappa shape index (κ2) is 6.38. The molecule has 0 aliphatic carbocycles. The third-order valence-electron chi connectivity index (χ3n) is 3.38. The molecule has 1 fully saturated rings. The second-order valence-corrected chi connectivity index (χ2v) is 4.95. The number of piperazine rings is 1. The summed E-state index contributed by atoms with van der Waals surface area (Å²) in [5.74, 6) is 0. The van der Waals surface area contributed by atoms with Gasteiger partial charge < -0.3 is 15.7 Å². The zero-order chi connectivity index (χ0) is 13.0.